The van der Waals surface area contributed by atoms with Gasteiger partial charge in [0.2, 0.25) is 0 Å². The summed E-state index contributed by atoms with van der Waals surface area (Å²) >= 11 is 0. The van der Waals surface area contributed by atoms with Gasteiger partial charge in [-0.1, -0.05) is 36.9 Å². The van der Waals surface area contributed by atoms with Crippen LogP contribution in [-0.4, -0.2) is 0 Å². The second-order valence-corrected chi connectivity index (χ2v) is 3.52. The quantitative estimate of drug-likeness (QED) is 0.551. The Morgan fingerprint density at radius 1 is 1.00 bits per heavy atom. The molecule has 0 aliphatic heterocycles. The molecule has 72 valence electrons. The van der Waals surface area contributed by atoms with E-state index in [1.54, 1.807) is 6.07 Å². The second kappa shape index (κ2) is 2.70. The summed E-state index contributed by atoms with van der Waals surface area (Å²) in [6.45, 7) is 3.75. The maximum Gasteiger partial charge on any atom is 0.344 e. The Bertz CT molecular complexity index is 693. The lowest BCUT2D eigenvalue weighted by Crippen LogP contribution is -2.11. The predicted molar refractivity (Wildman–Crippen MR) is 60.7 cm³/mol. The fourth-order valence-electron chi connectivity index (χ4n) is 1.97. The third kappa shape index (κ3) is 1.02. The van der Waals surface area contributed by atoms with Crippen LogP contribution in [0.15, 0.2) is 45.6 Å². The van der Waals surface area contributed by atoms with E-state index in [0.717, 1.165) is 16.2 Å². The van der Waals surface area contributed by atoms with Crippen LogP contribution < -0.4 is 11.0 Å². The molecule has 0 N–H and O–H groups in total. The third-order valence-corrected chi connectivity index (χ3v) is 2.64. The first-order valence-electron chi connectivity index (χ1n) is 4.70. The molecule has 0 bridgehead atoms. The highest BCUT2D eigenvalue weighted by Crippen LogP contribution is 2.21. The van der Waals surface area contributed by atoms with Gasteiger partial charge in [-0.05, 0) is 11.5 Å². The molecule has 1 aromatic heterocycles. The van der Waals surface area contributed by atoms with Crippen molar-refractivity contribution in [3.63, 3.8) is 0 Å². The van der Waals surface area contributed by atoms with E-state index in [0.29, 0.717) is 10.8 Å². The fourth-order valence-corrected chi connectivity index (χ4v) is 1.97. The van der Waals surface area contributed by atoms with Crippen LogP contribution >= 0.6 is 0 Å². The monoisotopic (exact) mass is 196 g/mol. The highest BCUT2D eigenvalue weighted by molar-refractivity contribution is 6.08. The molecule has 3 aromatic rings. The topological polar surface area (TPSA) is 30.2 Å². The lowest BCUT2D eigenvalue weighted by Gasteiger charge is -2.03. The van der Waals surface area contributed by atoms with E-state index in [9.17, 15) is 4.79 Å². The molecule has 2 heteroatoms. The number of hydrogen-bond acceptors (Lipinski definition) is 2. The average Bonchev–Trinajstić information content (AvgIpc) is 2.25. The average molecular weight is 196 g/mol. The van der Waals surface area contributed by atoms with Gasteiger partial charge in [-0.3, -0.25) is 0 Å². The van der Waals surface area contributed by atoms with Gasteiger partial charge in [0, 0.05) is 10.8 Å². The Morgan fingerprint density at radius 2 is 1.67 bits per heavy atom. The minimum Gasteiger partial charge on any atom is -0.423 e. The molecule has 0 aliphatic carbocycles. The summed E-state index contributed by atoms with van der Waals surface area (Å²) in [6, 6.07) is 11.5. The second-order valence-electron chi connectivity index (χ2n) is 3.52. The van der Waals surface area contributed by atoms with Gasteiger partial charge in [-0.2, -0.15) is 0 Å². The van der Waals surface area contributed by atoms with Crippen LogP contribution in [0.4, 0.5) is 0 Å². The van der Waals surface area contributed by atoms with Crippen molar-refractivity contribution in [3.05, 3.63) is 52.2 Å². The van der Waals surface area contributed by atoms with Crippen molar-refractivity contribution in [2.24, 2.45) is 0 Å². The molecule has 2 aromatic carbocycles. The lowest BCUT2D eigenvalue weighted by atomic mass is 10.0. The van der Waals surface area contributed by atoms with E-state index in [2.05, 4.69) is 6.58 Å². The Kier molecular flexibility index (Phi) is 1.48. The van der Waals surface area contributed by atoms with E-state index in [1.807, 2.05) is 30.3 Å². The van der Waals surface area contributed by atoms with Gasteiger partial charge in [-0.15, -0.1) is 0 Å². The maximum atomic E-state index is 11.6. The van der Waals surface area contributed by atoms with Gasteiger partial charge in [0.25, 0.3) is 0 Å². The molecular formula is C13H8O2. The molecule has 0 atom stereocenters. The SMILES string of the molecule is C=c1oc(=O)c2cccc3cccc1c32. The zero-order valence-electron chi connectivity index (χ0n) is 7.99. The Balaban J connectivity index is 2.86. The van der Waals surface area contributed by atoms with Crippen LogP contribution in [0.5, 0.6) is 0 Å². The van der Waals surface area contributed by atoms with Crippen molar-refractivity contribution in [3.8, 4) is 0 Å². The molecule has 2 nitrogen and oxygen atoms in total. The van der Waals surface area contributed by atoms with E-state index >= 15 is 0 Å². The molecule has 0 radical (unpaired) electrons. The molecule has 0 fully saturated rings. The molecule has 0 spiro atoms. The zero-order valence-corrected chi connectivity index (χ0v) is 7.99. The standard InChI is InChI=1S/C13H8O2/c1-8-10-6-2-4-9-5-3-7-11(12(9)10)13(14)15-8/h2-7H,1H2. The van der Waals surface area contributed by atoms with Crippen molar-refractivity contribution in [1.29, 1.82) is 0 Å². The van der Waals surface area contributed by atoms with Crippen molar-refractivity contribution < 1.29 is 4.42 Å². The number of hydrogen-bond donors (Lipinski definition) is 0. The molecule has 1 heterocycles. The Hall–Kier alpha value is -2.09. The predicted octanol–water partition coefficient (Wildman–Crippen LogP) is 2.08. The van der Waals surface area contributed by atoms with Crippen LogP contribution in [0.2, 0.25) is 0 Å². The van der Waals surface area contributed by atoms with E-state index in [1.165, 1.54) is 0 Å². The first-order valence-corrected chi connectivity index (χ1v) is 4.70. The zero-order chi connectivity index (χ0) is 10.4. The summed E-state index contributed by atoms with van der Waals surface area (Å²) in [7, 11) is 0. The molecular weight excluding hydrogens is 188 g/mol. The van der Waals surface area contributed by atoms with Crippen molar-refractivity contribution >= 4 is 28.1 Å². The van der Waals surface area contributed by atoms with Crippen molar-refractivity contribution in [1.82, 2.24) is 0 Å². The van der Waals surface area contributed by atoms with Crippen LogP contribution in [0, 0.1) is 0 Å². The molecule has 0 unspecified atom stereocenters. The summed E-state index contributed by atoms with van der Waals surface area (Å²) < 4.78 is 5.07. The minimum atomic E-state index is -0.315. The van der Waals surface area contributed by atoms with Crippen LogP contribution in [0.25, 0.3) is 28.1 Å². The Morgan fingerprint density at radius 3 is 2.40 bits per heavy atom. The molecule has 0 aliphatic rings. The normalized spacial score (nSPS) is 11.2. The molecule has 3 rings (SSSR count). The van der Waals surface area contributed by atoms with E-state index < -0.39 is 0 Å². The molecule has 0 saturated heterocycles. The van der Waals surface area contributed by atoms with Gasteiger partial charge in [0.15, 0.2) is 0 Å². The van der Waals surface area contributed by atoms with Crippen molar-refractivity contribution in [2.45, 2.75) is 0 Å². The van der Waals surface area contributed by atoms with E-state index in [4.69, 9.17) is 4.42 Å². The van der Waals surface area contributed by atoms with Gasteiger partial charge >= 0.3 is 5.63 Å². The smallest absolute Gasteiger partial charge is 0.344 e. The third-order valence-electron chi connectivity index (χ3n) is 2.64. The number of rotatable bonds is 0. The first kappa shape index (κ1) is 8.24. The van der Waals surface area contributed by atoms with E-state index in [-0.39, 0.29) is 5.63 Å². The first-order chi connectivity index (χ1) is 7.27. The van der Waals surface area contributed by atoms with Crippen LogP contribution in [-0.2, 0) is 0 Å². The number of benzene rings is 2. The highest BCUT2D eigenvalue weighted by atomic mass is 16.4. The van der Waals surface area contributed by atoms with Gasteiger partial charge in [0.05, 0.1) is 5.39 Å². The minimum absolute atomic E-state index is 0.315. The molecule has 0 amide bonds. The summed E-state index contributed by atoms with van der Waals surface area (Å²) in [5.41, 5.74) is 0.119. The lowest BCUT2D eigenvalue weighted by molar-refractivity contribution is 0.494. The molecule has 15 heavy (non-hydrogen) atoms. The van der Waals surface area contributed by atoms with Crippen LogP contribution in [0.1, 0.15) is 0 Å². The summed E-state index contributed by atoms with van der Waals surface area (Å²) in [5, 5.41) is 3.52. The van der Waals surface area contributed by atoms with Gasteiger partial charge < -0.3 is 4.42 Å². The van der Waals surface area contributed by atoms with Gasteiger partial charge in [0.1, 0.15) is 5.42 Å². The summed E-state index contributed by atoms with van der Waals surface area (Å²) in [4.78, 5) is 11.6. The van der Waals surface area contributed by atoms with Crippen LogP contribution in [0.3, 0.4) is 0 Å². The fraction of sp³-hybridized carbons (Fsp3) is 0. The van der Waals surface area contributed by atoms with Crippen molar-refractivity contribution in [2.75, 3.05) is 0 Å². The Labute approximate surface area is 85.4 Å². The van der Waals surface area contributed by atoms with Gasteiger partial charge in [-0.25, -0.2) is 4.79 Å². The molecule has 0 saturated carbocycles. The maximum absolute atomic E-state index is 11.6. The largest absolute Gasteiger partial charge is 0.423 e. The summed E-state index contributed by atoms with van der Waals surface area (Å²) in [6.07, 6.45) is 0. The summed E-state index contributed by atoms with van der Waals surface area (Å²) in [5.74, 6) is 0. The highest BCUT2D eigenvalue weighted by Gasteiger charge is 2.06.